The number of anilines is 1. The molecule has 0 fully saturated rings. The molecule has 0 aliphatic carbocycles. The van der Waals surface area contributed by atoms with Crippen molar-refractivity contribution < 1.29 is 4.74 Å². The van der Waals surface area contributed by atoms with Crippen LogP contribution in [-0.2, 0) is 6.54 Å². The maximum Gasteiger partial charge on any atom is 0.174 e. The van der Waals surface area contributed by atoms with E-state index in [1.165, 1.54) is 5.39 Å². The number of fused-ring (bicyclic) bond motifs is 1. The summed E-state index contributed by atoms with van der Waals surface area (Å²) in [5.74, 6) is 0.745. The lowest BCUT2D eigenvalue weighted by Crippen LogP contribution is -2.03. The molecule has 0 bridgehead atoms. The summed E-state index contributed by atoms with van der Waals surface area (Å²) in [6, 6.07) is 18.0. The highest BCUT2D eigenvalue weighted by Crippen LogP contribution is 2.21. The molecule has 0 aliphatic rings. The highest BCUT2D eigenvalue weighted by Gasteiger charge is 2.03. The molecule has 4 nitrogen and oxygen atoms in total. The molecular formula is C17H15N3O. The highest BCUT2D eigenvalue weighted by atomic mass is 16.5. The van der Waals surface area contributed by atoms with Gasteiger partial charge in [-0.1, -0.05) is 18.2 Å². The summed E-state index contributed by atoms with van der Waals surface area (Å²) in [6.45, 7) is 0.712. The van der Waals surface area contributed by atoms with Crippen LogP contribution in [-0.4, -0.2) is 11.6 Å². The molecule has 3 aromatic rings. The number of nitrogens with one attached hydrogen (secondary N) is 2. The Hall–Kier alpha value is -2.93. The molecule has 0 unspecified atom stereocenters. The quantitative estimate of drug-likeness (QED) is 0.747. The maximum atomic E-state index is 8.61. The molecule has 0 spiro atoms. The second-order valence-corrected chi connectivity index (χ2v) is 4.69. The third kappa shape index (κ3) is 2.98. The Bertz CT molecular complexity index is 786. The van der Waals surface area contributed by atoms with Crippen LogP contribution in [0.2, 0.25) is 0 Å². The minimum atomic E-state index is 0.0618. The first-order chi connectivity index (χ1) is 10.4. The van der Waals surface area contributed by atoms with Crippen LogP contribution in [0, 0.1) is 11.3 Å². The summed E-state index contributed by atoms with van der Waals surface area (Å²) in [4.78, 5) is 3.17. The Balaban J connectivity index is 1.73. The molecule has 104 valence electrons. The van der Waals surface area contributed by atoms with Crippen molar-refractivity contribution in [3.05, 3.63) is 60.3 Å². The molecule has 21 heavy (non-hydrogen) atoms. The molecule has 2 N–H and O–H groups in total. The molecule has 0 saturated heterocycles. The predicted molar refractivity (Wildman–Crippen MR) is 83.2 cm³/mol. The molecule has 2 aromatic carbocycles. The molecule has 0 aliphatic heterocycles. The van der Waals surface area contributed by atoms with Crippen LogP contribution in [0.5, 0.6) is 5.75 Å². The Labute approximate surface area is 123 Å². The van der Waals surface area contributed by atoms with Gasteiger partial charge in [0.05, 0.1) is 0 Å². The molecule has 0 radical (unpaired) electrons. The van der Waals surface area contributed by atoms with Crippen LogP contribution in [0.3, 0.4) is 0 Å². The highest BCUT2D eigenvalue weighted by molar-refractivity contribution is 5.82. The molecule has 4 heteroatoms. The van der Waals surface area contributed by atoms with Gasteiger partial charge < -0.3 is 15.0 Å². The van der Waals surface area contributed by atoms with Gasteiger partial charge in [-0.05, 0) is 30.3 Å². The summed E-state index contributed by atoms with van der Waals surface area (Å²) >= 11 is 0. The minimum absolute atomic E-state index is 0.0618. The zero-order valence-corrected chi connectivity index (χ0v) is 11.5. The van der Waals surface area contributed by atoms with E-state index in [4.69, 9.17) is 10.00 Å². The SMILES string of the molecule is N#CCOc1ccccc1CNc1ccc2[nH]ccc2c1. The maximum absolute atomic E-state index is 8.61. The van der Waals surface area contributed by atoms with Gasteiger partial charge in [-0.25, -0.2) is 0 Å². The lowest BCUT2D eigenvalue weighted by Gasteiger charge is -2.11. The molecule has 0 atom stereocenters. The van der Waals surface area contributed by atoms with E-state index in [9.17, 15) is 0 Å². The number of H-pyrrole nitrogens is 1. The lowest BCUT2D eigenvalue weighted by atomic mass is 10.2. The van der Waals surface area contributed by atoms with Crippen LogP contribution < -0.4 is 10.1 Å². The van der Waals surface area contributed by atoms with Crippen molar-refractivity contribution in [2.45, 2.75) is 6.54 Å². The van der Waals surface area contributed by atoms with Gasteiger partial charge >= 0.3 is 0 Å². The number of ether oxygens (including phenoxy) is 1. The molecule has 0 amide bonds. The number of aromatic amines is 1. The van der Waals surface area contributed by atoms with E-state index >= 15 is 0 Å². The minimum Gasteiger partial charge on any atom is -0.478 e. The van der Waals surface area contributed by atoms with Gasteiger partial charge in [0.2, 0.25) is 0 Å². The first kappa shape index (κ1) is 13.1. The lowest BCUT2D eigenvalue weighted by molar-refractivity contribution is 0.364. The Morgan fingerprint density at radius 1 is 1.14 bits per heavy atom. The Morgan fingerprint density at radius 2 is 2.05 bits per heavy atom. The molecule has 3 rings (SSSR count). The third-order valence-electron chi connectivity index (χ3n) is 3.30. The zero-order chi connectivity index (χ0) is 14.5. The first-order valence-electron chi connectivity index (χ1n) is 6.75. The van der Waals surface area contributed by atoms with Gasteiger partial charge in [0.1, 0.15) is 11.8 Å². The molecule has 1 aromatic heterocycles. The van der Waals surface area contributed by atoms with Crippen molar-refractivity contribution in [3.8, 4) is 11.8 Å². The zero-order valence-electron chi connectivity index (χ0n) is 11.5. The van der Waals surface area contributed by atoms with Gasteiger partial charge in [0.15, 0.2) is 6.61 Å². The van der Waals surface area contributed by atoms with Crippen molar-refractivity contribution in [1.29, 1.82) is 5.26 Å². The fraction of sp³-hybridized carbons (Fsp3) is 0.118. The van der Waals surface area contributed by atoms with Crippen molar-refractivity contribution in [1.82, 2.24) is 4.98 Å². The van der Waals surface area contributed by atoms with Crippen LogP contribution in [0.15, 0.2) is 54.7 Å². The van der Waals surface area contributed by atoms with Gasteiger partial charge in [0, 0.05) is 34.9 Å². The van der Waals surface area contributed by atoms with E-state index in [0.717, 1.165) is 22.5 Å². The van der Waals surface area contributed by atoms with Gasteiger partial charge in [-0.2, -0.15) is 5.26 Å². The number of nitrogens with zero attached hydrogens (tertiary/aromatic N) is 1. The van der Waals surface area contributed by atoms with Crippen molar-refractivity contribution in [2.24, 2.45) is 0 Å². The number of hydrogen-bond acceptors (Lipinski definition) is 3. The van der Waals surface area contributed by atoms with Crippen molar-refractivity contribution in [3.63, 3.8) is 0 Å². The fourth-order valence-electron chi connectivity index (χ4n) is 2.26. The largest absolute Gasteiger partial charge is 0.478 e. The summed E-state index contributed by atoms with van der Waals surface area (Å²) < 4.78 is 5.43. The number of nitriles is 1. The number of hydrogen-bond donors (Lipinski definition) is 2. The van der Waals surface area contributed by atoms with E-state index in [2.05, 4.69) is 22.4 Å². The normalized spacial score (nSPS) is 10.2. The van der Waals surface area contributed by atoms with E-state index < -0.39 is 0 Å². The number of benzene rings is 2. The molecular weight excluding hydrogens is 262 g/mol. The fourth-order valence-corrected chi connectivity index (χ4v) is 2.26. The summed E-state index contributed by atoms with van der Waals surface area (Å²) in [6.07, 6.45) is 1.93. The number of rotatable bonds is 5. The van der Waals surface area contributed by atoms with E-state index in [-0.39, 0.29) is 6.61 Å². The van der Waals surface area contributed by atoms with Crippen LogP contribution in [0.1, 0.15) is 5.56 Å². The van der Waals surface area contributed by atoms with Gasteiger partial charge in [0.25, 0.3) is 0 Å². The number of aromatic nitrogens is 1. The monoisotopic (exact) mass is 277 g/mol. The Morgan fingerprint density at radius 3 is 2.95 bits per heavy atom. The summed E-state index contributed by atoms with van der Waals surface area (Å²) in [5, 5.41) is 13.2. The second kappa shape index (κ2) is 6.02. The summed E-state index contributed by atoms with van der Waals surface area (Å²) in [5.41, 5.74) is 3.21. The average molecular weight is 277 g/mol. The topological polar surface area (TPSA) is 60.8 Å². The first-order valence-corrected chi connectivity index (χ1v) is 6.75. The van der Waals surface area contributed by atoms with E-state index in [1.54, 1.807) is 0 Å². The van der Waals surface area contributed by atoms with Gasteiger partial charge in [-0.15, -0.1) is 0 Å². The second-order valence-electron chi connectivity index (χ2n) is 4.69. The molecule has 0 saturated carbocycles. The van der Waals surface area contributed by atoms with E-state index in [1.807, 2.05) is 48.7 Å². The Kier molecular flexibility index (Phi) is 3.74. The van der Waals surface area contributed by atoms with Crippen molar-refractivity contribution >= 4 is 16.6 Å². The summed E-state index contributed by atoms with van der Waals surface area (Å²) in [7, 11) is 0. The van der Waals surface area contributed by atoms with Crippen LogP contribution >= 0.6 is 0 Å². The van der Waals surface area contributed by atoms with Crippen LogP contribution in [0.25, 0.3) is 10.9 Å². The van der Waals surface area contributed by atoms with Gasteiger partial charge in [-0.3, -0.25) is 0 Å². The number of para-hydroxylation sites is 1. The van der Waals surface area contributed by atoms with Crippen molar-refractivity contribution in [2.75, 3.05) is 11.9 Å². The van der Waals surface area contributed by atoms with E-state index in [0.29, 0.717) is 6.54 Å². The third-order valence-corrected chi connectivity index (χ3v) is 3.30. The standard InChI is InChI=1S/C17H15N3O/c18-8-10-21-17-4-2-1-3-14(17)12-20-15-5-6-16-13(11-15)7-9-19-16/h1-7,9,11,19-20H,10,12H2. The van der Waals surface area contributed by atoms with Crippen LogP contribution in [0.4, 0.5) is 5.69 Å². The molecule has 1 heterocycles. The smallest absolute Gasteiger partial charge is 0.174 e. The predicted octanol–water partition coefficient (Wildman–Crippen LogP) is 3.68. The average Bonchev–Trinajstić information content (AvgIpc) is 2.99.